The highest BCUT2D eigenvalue weighted by atomic mass is 16.2. The lowest BCUT2D eigenvalue weighted by Gasteiger charge is -2.08. The van der Waals surface area contributed by atoms with Gasteiger partial charge in [-0.1, -0.05) is 31.2 Å². The zero-order valence-corrected chi connectivity index (χ0v) is 11.7. The third-order valence-electron chi connectivity index (χ3n) is 2.96. The summed E-state index contributed by atoms with van der Waals surface area (Å²) < 4.78 is 1.47. The van der Waals surface area contributed by atoms with E-state index in [0.29, 0.717) is 18.2 Å². The summed E-state index contributed by atoms with van der Waals surface area (Å²) in [6.07, 6.45) is 1.67. The van der Waals surface area contributed by atoms with Crippen molar-refractivity contribution in [3.63, 3.8) is 0 Å². The minimum Gasteiger partial charge on any atom is -0.325 e. The summed E-state index contributed by atoms with van der Waals surface area (Å²) in [6.45, 7) is 4.71. The lowest BCUT2D eigenvalue weighted by molar-refractivity contribution is -0.116. The molecule has 0 aliphatic rings. The Morgan fingerprint density at radius 3 is 2.60 bits per heavy atom. The minimum absolute atomic E-state index is 0.124. The van der Waals surface area contributed by atoms with Crippen LogP contribution in [0.5, 0.6) is 0 Å². The van der Waals surface area contributed by atoms with Crippen LogP contribution in [0, 0.1) is 0 Å². The van der Waals surface area contributed by atoms with Crippen molar-refractivity contribution in [3.05, 3.63) is 41.7 Å². The van der Waals surface area contributed by atoms with Crippen LogP contribution in [0.25, 0.3) is 0 Å². The van der Waals surface area contributed by atoms with Gasteiger partial charge >= 0.3 is 0 Å². The van der Waals surface area contributed by atoms with E-state index in [0.717, 1.165) is 5.69 Å². The minimum atomic E-state index is -0.143. The van der Waals surface area contributed by atoms with Gasteiger partial charge in [-0.2, -0.15) is 0 Å². The fraction of sp³-hybridized carbons (Fsp3) is 0.357. The van der Waals surface area contributed by atoms with E-state index in [1.807, 2.05) is 24.3 Å². The van der Waals surface area contributed by atoms with Crippen LogP contribution in [0.1, 0.15) is 31.0 Å². The average Bonchev–Trinajstić information content (AvgIpc) is 2.86. The monoisotopic (exact) mass is 273 g/mol. The van der Waals surface area contributed by atoms with Gasteiger partial charge in [0.1, 0.15) is 6.54 Å². The molecule has 0 aliphatic heterocycles. The smallest absolute Gasteiger partial charge is 0.246 e. The first-order valence-corrected chi connectivity index (χ1v) is 6.57. The molecule has 106 valence electrons. The molecule has 0 fully saturated rings. The summed E-state index contributed by atoms with van der Waals surface area (Å²) in [5, 5.41) is 10.5. The van der Waals surface area contributed by atoms with Gasteiger partial charge in [-0.05, 0) is 23.6 Å². The molecule has 3 N–H and O–H groups in total. The van der Waals surface area contributed by atoms with E-state index in [4.69, 9.17) is 5.73 Å². The Kier molecular flexibility index (Phi) is 4.47. The second-order valence-corrected chi connectivity index (χ2v) is 4.94. The van der Waals surface area contributed by atoms with E-state index in [9.17, 15) is 4.79 Å². The standard InChI is InChI=1S/C14H19N5O/c1-10(2)11-3-5-12(6-4-11)16-14(20)9-19-8-13(7-15)17-18-19/h3-6,8,10H,7,9,15H2,1-2H3,(H,16,20). The third kappa shape index (κ3) is 3.64. The molecule has 0 atom stereocenters. The van der Waals surface area contributed by atoms with E-state index < -0.39 is 0 Å². The molecule has 0 aliphatic carbocycles. The third-order valence-corrected chi connectivity index (χ3v) is 2.96. The molecule has 1 aromatic heterocycles. The van der Waals surface area contributed by atoms with Gasteiger partial charge in [-0.25, -0.2) is 4.68 Å². The molecule has 0 bridgehead atoms. The largest absolute Gasteiger partial charge is 0.325 e. The van der Waals surface area contributed by atoms with Crippen molar-refractivity contribution < 1.29 is 4.79 Å². The molecule has 0 saturated carbocycles. The van der Waals surface area contributed by atoms with E-state index in [-0.39, 0.29) is 12.5 Å². The van der Waals surface area contributed by atoms with Gasteiger partial charge in [0.2, 0.25) is 5.91 Å². The van der Waals surface area contributed by atoms with Gasteiger partial charge in [0.15, 0.2) is 0 Å². The molecule has 6 heteroatoms. The van der Waals surface area contributed by atoms with Gasteiger partial charge in [0, 0.05) is 12.2 Å². The number of anilines is 1. The van der Waals surface area contributed by atoms with Gasteiger partial charge in [0.25, 0.3) is 0 Å². The predicted molar refractivity (Wildman–Crippen MR) is 77.1 cm³/mol. The van der Waals surface area contributed by atoms with E-state index in [2.05, 4.69) is 29.5 Å². The second-order valence-electron chi connectivity index (χ2n) is 4.94. The predicted octanol–water partition coefficient (Wildman–Crippen LogP) is 1.50. The zero-order chi connectivity index (χ0) is 14.5. The number of rotatable bonds is 5. The van der Waals surface area contributed by atoms with Crippen LogP contribution in [0.15, 0.2) is 30.5 Å². The molecule has 0 unspecified atom stereocenters. The van der Waals surface area contributed by atoms with Crippen LogP contribution in [0.3, 0.4) is 0 Å². The van der Waals surface area contributed by atoms with Crippen molar-refractivity contribution in [2.45, 2.75) is 32.9 Å². The number of amides is 1. The molecule has 1 heterocycles. The van der Waals surface area contributed by atoms with Crippen LogP contribution >= 0.6 is 0 Å². The fourth-order valence-electron chi connectivity index (χ4n) is 1.81. The highest BCUT2D eigenvalue weighted by Gasteiger charge is 2.06. The van der Waals surface area contributed by atoms with Gasteiger partial charge in [-0.3, -0.25) is 4.79 Å². The van der Waals surface area contributed by atoms with Crippen molar-refractivity contribution >= 4 is 11.6 Å². The normalized spacial score (nSPS) is 10.8. The Morgan fingerprint density at radius 2 is 2.05 bits per heavy atom. The molecule has 2 rings (SSSR count). The Hall–Kier alpha value is -2.21. The molecule has 6 nitrogen and oxygen atoms in total. The number of hydrogen-bond acceptors (Lipinski definition) is 4. The molecule has 1 amide bonds. The summed E-state index contributed by atoms with van der Waals surface area (Å²) in [6, 6.07) is 7.84. The van der Waals surface area contributed by atoms with Crippen LogP contribution < -0.4 is 11.1 Å². The average molecular weight is 273 g/mol. The summed E-state index contributed by atoms with van der Waals surface area (Å²) in [7, 11) is 0. The quantitative estimate of drug-likeness (QED) is 0.864. The number of nitrogens with one attached hydrogen (secondary N) is 1. The highest BCUT2D eigenvalue weighted by Crippen LogP contribution is 2.17. The van der Waals surface area contributed by atoms with Crippen LogP contribution in [0.2, 0.25) is 0 Å². The van der Waals surface area contributed by atoms with Crippen molar-refractivity contribution in [1.29, 1.82) is 0 Å². The molecular formula is C14H19N5O. The molecule has 0 radical (unpaired) electrons. The van der Waals surface area contributed by atoms with E-state index in [1.54, 1.807) is 6.20 Å². The number of hydrogen-bond donors (Lipinski definition) is 2. The first-order valence-electron chi connectivity index (χ1n) is 6.57. The highest BCUT2D eigenvalue weighted by molar-refractivity contribution is 5.90. The summed E-state index contributed by atoms with van der Waals surface area (Å²) in [5.74, 6) is 0.334. The van der Waals surface area contributed by atoms with Gasteiger partial charge < -0.3 is 11.1 Å². The molecule has 2 aromatic rings. The summed E-state index contributed by atoms with van der Waals surface area (Å²) in [5.41, 5.74) is 8.12. The molecule has 0 spiro atoms. The van der Waals surface area contributed by atoms with Crippen molar-refractivity contribution in [2.24, 2.45) is 5.73 Å². The number of aromatic nitrogens is 3. The molecular weight excluding hydrogens is 254 g/mol. The number of nitrogens with two attached hydrogens (primary N) is 1. The molecule has 0 saturated heterocycles. The Balaban J connectivity index is 1.93. The molecule has 20 heavy (non-hydrogen) atoms. The number of nitrogens with zero attached hydrogens (tertiary/aromatic N) is 3. The molecule has 1 aromatic carbocycles. The fourth-order valence-corrected chi connectivity index (χ4v) is 1.81. The zero-order valence-electron chi connectivity index (χ0n) is 11.7. The first kappa shape index (κ1) is 14.2. The van der Waals surface area contributed by atoms with Crippen LogP contribution in [-0.4, -0.2) is 20.9 Å². The van der Waals surface area contributed by atoms with E-state index in [1.165, 1.54) is 10.2 Å². The topological polar surface area (TPSA) is 85.8 Å². The van der Waals surface area contributed by atoms with Crippen molar-refractivity contribution in [2.75, 3.05) is 5.32 Å². The SMILES string of the molecule is CC(C)c1ccc(NC(=O)Cn2cc(CN)nn2)cc1. The van der Waals surface area contributed by atoms with Crippen molar-refractivity contribution in [3.8, 4) is 0 Å². The van der Waals surface area contributed by atoms with Gasteiger partial charge in [0.05, 0.1) is 11.9 Å². The van der Waals surface area contributed by atoms with Crippen LogP contribution in [0.4, 0.5) is 5.69 Å². The lowest BCUT2D eigenvalue weighted by Crippen LogP contribution is -2.19. The van der Waals surface area contributed by atoms with Crippen LogP contribution in [-0.2, 0) is 17.9 Å². The summed E-state index contributed by atoms with van der Waals surface area (Å²) >= 11 is 0. The maximum Gasteiger partial charge on any atom is 0.246 e. The second kappa shape index (κ2) is 6.29. The Bertz CT molecular complexity index is 574. The Labute approximate surface area is 118 Å². The maximum atomic E-state index is 11.9. The summed E-state index contributed by atoms with van der Waals surface area (Å²) in [4.78, 5) is 11.9. The van der Waals surface area contributed by atoms with E-state index >= 15 is 0 Å². The Morgan fingerprint density at radius 1 is 1.35 bits per heavy atom. The number of carbonyl (C=O) groups excluding carboxylic acids is 1. The van der Waals surface area contributed by atoms with Gasteiger partial charge in [-0.15, -0.1) is 5.10 Å². The number of benzene rings is 1. The number of carbonyl (C=O) groups is 1. The lowest BCUT2D eigenvalue weighted by atomic mass is 10.0. The first-order chi connectivity index (χ1) is 9.58. The maximum absolute atomic E-state index is 11.9. The van der Waals surface area contributed by atoms with Crippen molar-refractivity contribution in [1.82, 2.24) is 15.0 Å².